The van der Waals surface area contributed by atoms with Crippen LogP contribution in [0.2, 0.25) is 0 Å². The molecule has 0 aliphatic heterocycles. The van der Waals surface area contributed by atoms with Gasteiger partial charge in [-0.1, -0.05) is 11.8 Å². The number of nitrogens with one attached hydrogen (secondary N) is 1. The van der Waals surface area contributed by atoms with Crippen LogP contribution in [0.15, 0.2) is 18.5 Å². The second-order valence-electron chi connectivity index (χ2n) is 3.72. The number of nitrogens with zero attached hydrogens (tertiary/aromatic N) is 2. The summed E-state index contributed by atoms with van der Waals surface area (Å²) in [5, 5.41) is 11.1. The molecule has 1 aromatic rings. The van der Waals surface area contributed by atoms with E-state index in [0.717, 1.165) is 0 Å². The van der Waals surface area contributed by atoms with Crippen molar-refractivity contribution in [3.05, 3.63) is 29.6 Å². The van der Waals surface area contributed by atoms with Crippen LogP contribution in [0.3, 0.4) is 0 Å². The fourth-order valence-electron chi connectivity index (χ4n) is 1.39. The largest absolute Gasteiger partial charge is 0.384 e. The normalized spacial score (nSPS) is 9.21. The van der Waals surface area contributed by atoms with Crippen molar-refractivity contribution in [2.45, 2.75) is 0 Å². The van der Waals surface area contributed by atoms with Crippen molar-refractivity contribution >= 4 is 11.8 Å². The van der Waals surface area contributed by atoms with Crippen LogP contribution >= 0.6 is 0 Å². The number of hydrogen-bond donors (Lipinski definition) is 2. The molecule has 6 heteroatoms. The van der Waals surface area contributed by atoms with Crippen LogP contribution in [-0.2, 0) is 4.79 Å². The Hall–Kier alpha value is -2.39. The van der Waals surface area contributed by atoms with E-state index in [1.54, 1.807) is 0 Å². The third-order valence-electron chi connectivity index (χ3n) is 2.36. The van der Waals surface area contributed by atoms with E-state index in [4.69, 9.17) is 5.11 Å². The van der Waals surface area contributed by atoms with Gasteiger partial charge in [0.05, 0.1) is 17.7 Å². The van der Waals surface area contributed by atoms with E-state index in [-0.39, 0.29) is 25.0 Å². The highest BCUT2D eigenvalue weighted by atomic mass is 16.2. The van der Waals surface area contributed by atoms with Crippen molar-refractivity contribution in [3.8, 4) is 11.8 Å². The Morgan fingerprint density at radius 1 is 1.53 bits per heavy atom. The summed E-state index contributed by atoms with van der Waals surface area (Å²) in [4.78, 5) is 28.6. The lowest BCUT2D eigenvalue weighted by molar-refractivity contribution is -0.121. The quantitative estimate of drug-likeness (QED) is 0.701. The second-order valence-corrected chi connectivity index (χ2v) is 3.72. The molecular weight excluding hydrogens is 246 g/mol. The lowest BCUT2D eigenvalue weighted by Crippen LogP contribution is -2.37. The summed E-state index contributed by atoms with van der Waals surface area (Å²) in [7, 11) is 3.03. The minimum absolute atomic E-state index is 0.0372. The minimum Gasteiger partial charge on any atom is -0.384 e. The topological polar surface area (TPSA) is 82.5 Å². The van der Waals surface area contributed by atoms with E-state index < -0.39 is 0 Å². The molecule has 0 saturated carbocycles. The van der Waals surface area contributed by atoms with Gasteiger partial charge in [-0.15, -0.1) is 0 Å². The van der Waals surface area contributed by atoms with Crippen LogP contribution in [0.5, 0.6) is 0 Å². The molecule has 1 heterocycles. The van der Waals surface area contributed by atoms with Gasteiger partial charge < -0.3 is 15.3 Å². The Morgan fingerprint density at radius 2 is 2.26 bits per heavy atom. The van der Waals surface area contributed by atoms with E-state index in [0.29, 0.717) is 11.1 Å². The van der Waals surface area contributed by atoms with Crippen molar-refractivity contribution in [3.63, 3.8) is 0 Å². The van der Waals surface area contributed by atoms with Gasteiger partial charge >= 0.3 is 0 Å². The number of carbonyl (C=O) groups is 2. The summed E-state index contributed by atoms with van der Waals surface area (Å²) in [6, 6.07) is 1.53. The van der Waals surface area contributed by atoms with E-state index in [2.05, 4.69) is 22.1 Å². The highest BCUT2D eigenvalue weighted by Crippen LogP contribution is 2.08. The molecular formula is C13H15N3O3. The van der Waals surface area contributed by atoms with E-state index in [9.17, 15) is 9.59 Å². The third kappa shape index (κ3) is 4.08. The first kappa shape index (κ1) is 14.7. The number of rotatable bonds is 3. The van der Waals surface area contributed by atoms with Gasteiger partial charge in [0.15, 0.2) is 0 Å². The average molecular weight is 261 g/mol. The molecule has 2 amide bonds. The summed E-state index contributed by atoms with van der Waals surface area (Å²) >= 11 is 0. The SMILES string of the molecule is CNC(=O)CN(C)C(=O)c1ccncc1C#CCO. The number of aliphatic hydroxyl groups excluding tert-OH is 1. The Bertz CT molecular complexity index is 531. The standard InChI is InChI=1S/C13H15N3O3/c1-14-12(18)9-16(2)13(19)11-5-6-15-8-10(11)4-3-7-17/h5-6,8,17H,7,9H2,1-2H3,(H,14,18). The zero-order valence-corrected chi connectivity index (χ0v) is 10.8. The fourth-order valence-corrected chi connectivity index (χ4v) is 1.39. The Morgan fingerprint density at radius 3 is 2.89 bits per heavy atom. The predicted octanol–water partition coefficient (Wildman–Crippen LogP) is -0.757. The van der Waals surface area contributed by atoms with E-state index in [1.165, 1.54) is 37.5 Å². The zero-order chi connectivity index (χ0) is 14.3. The van der Waals surface area contributed by atoms with Crippen molar-refractivity contribution in [2.75, 3.05) is 27.2 Å². The molecule has 19 heavy (non-hydrogen) atoms. The zero-order valence-electron chi connectivity index (χ0n) is 10.8. The first-order chi connectivity index (χ1) is 9.10. The van der Waals surface area contributed by atoms with Crippen molar-refractivity contribution < 1.29 is 14.7 Å². The van der Waals surface area contributed by atoms with Gasteiger partial charge in [-0.25, -0.2) is 0 Å². The van der Waals surface area contributed by atoms with Gasteiger partial charge in [0.2, 0.25) is 5.91 Å². The average Bonchev–Trinajstić information content (AvgIpc) is 2.44. The molecule has 0 atom stereocenters. The molecule has 6 nitrogen and oxygen atoms in total. The summed E-state index contributed by atoms with van der Waals surface area (Å²) in [5.41, 5.74) is 0.771. The summed E-state index contributed by atoms with van der Waals surface area (Å²) in [5.74, 6) is 4.54. The van der Waals surface area contributed by atoms with Crippen LogP contribution in [0, 0.1) is 11.8 Å². The van der Waals surface area contributed by atoms with Crippen molar-refractivity contribution in [2.24, 2.45) is 0 Å². The minimum atomic E-state index is -0.326. The number of carbonyl (C=O) groups excluding carboxylic acids is 2. The molecule has 0 aromatic carbocycles. The Kier molecular flexibility index (Phi) is 5.51. The van der Waals surface area contributed by atoms with Crippen LogP contribution in [0.1, 0.15) is 15.9 Å². The molecule has 1 aromatic heterocycles. The molecule has 100 valence electrons. The highest BCUT2D eigenvalue weighted by molar-refractivity contribution is 5.98. The molecule has 0 fully saturated rings. The summed E-state index contributed by atoms with van der Waals surface area (Å²) < 4.78 is 0. The second kappa shape index (κ2) is 7.13. The number of aliphatic hydroxyl groups is 1. The van der Waals surface area contributed by atoms with Gasteiger partial charge in [-0.05, 0) is 6.07 Å². The van der Waals surface area contributed by atoms with Gasteiger partial charge in [0.25, 0.3) is 5.91 Å². The highest BCUT2D eigenvalue weighted by Gasteiger charge is 2.16. The molecule has 0 unspecified atom stereocenters. The smallest absolute Gasteiger partial charge is 0.255 e. The first-order valence-corrected chi connectivity index (χ1v) is 5.60. The molecule has 2 N–H and O–H groups in total. The van der Waals surface area contributed by atoms with Crippen LogP contribution in [-0.4, -0.2) is 54.1 Å². The molecule has 0 aliphatic carbocycles. The van der Waals surface area contributed by atoms with E-state index in [1.807, 2.05) is 0 Å². The third-order valence-corrected chi connectivity index (χ3v) is 2.36. The number of aromatic nitrogens is 1. The van der Waals surface area contributed by atoms with Crippen molar-refractivity contribution in [1.29, 1.82) is 0 Å². The van der Waals surface area contributed by atoms with Gasteiger partial charge in [0.1, 0.15) is 6.61 Å². The Balaban J connectivity index is 2.96. The van der Waals surface area contributed by atoms with Gasteiger partial charge in [0, 0.05) is 26.5 Å². The lowest BCUT2D eigenvalue weighted by Gasteiger charge is -2.16. The summed E-state index contributed by atoms with van der Waals surface area (Å²) in [6.07, 6.45) is 2.93. The van der Waals surface area contributed by atoms with Crippen molar-refractivity contribution in [1.82, 2.24) is 15.2 Å². The first-order valence-electron chi connectivity index (χ1n) is 5.60. The summed E-state index contributed by atoms with van der Waals surface area (Å²) in [6.45, 7) is -0.332. The molecule has 0 bridgehead atoms. The molecule has 0 radical (unpaired) electrons. The molecule has 0 saturated heterocycles. The maximum Gasteiger partial charge on any atom is 0.255 e. The van der Waals surface area contributed by atoms with Gasteiger partial charge in [-0.2, -0.15) is 0 Å². The maximum atomic E-state index is 12.2. The monoisotopic (exact) mass is 261 g/mol. The number of hydrogen-bond acceptors (Lipinski definition) is 4. The van der Waals surface area contributed by atoms with Crippen LogP contribution < -0.4 is 5.32 Å². The number of amides is 2. The van der Waals surface area contributed by atoms with E-state index >= 15 is 0 Å². The van der Waals surface area contributed by atoms with Crippen LogP contribution in [0.4, 0.5) is 0 Å². The predicted molar refractivity (Wildman–Crippen MR) is 69.2 cm³/mol. The number of likely N-dealkylation sites (N-methyl/N-ethyl adjacent to an activating group) is 2. The maximum absolute atomic E-state index is 12.2. The molecule has 0 spiro atoms. The fraction of sp³-hybridized carbons (Fsp3) is 0.308. The van der Waals surface area contributed by atoms with Gasteiger partial charge in [-0.3, -0.25) is 14.6 Å². The molecule has 0 aliphatic rings. The Labute approximate surface area is 111 Å². The van der Waals surface area contributed by atoms with Crippen LogP contribution in [0.25, 0.3) is 0 Å². The number of pyridine rings is 1. The molecule has 1 rings (SSSR count). The lowest BCUT2D eigenvalue weighted by atomic mass is 10.1.